The number of nitrogens with zero attached hydrogens (tertiary/aromatic N) is 1. The maximum Gasteiger partial charge on any atom is 0.254 e. The van der Waals surface area contributed by atoms with Crippen molar-refractivity contribution < 1.29 is 14.4 Å². The lowest BCUT2D eigenvalue weighted by molar-refractivity contribution is -0.125. The van der Waals surface area contributed by atoms with E-state index in [-0.39, 0.29) is 29.8 Å². The van der Waals surface area contributed by atoms with Gasteiger partial charge in [-0.25, -0.2) is 0 Å². The molecule has 3 amide bonds. The van der Waals surface area contributed by atoms with Crippen molar-refractivity contribution >= 4 is 18.2 Å². The summed E-state index contributed by atoms with van der Waals surface area (Å²) in [6, 6.07) is 3.98. The minimum Gasteiger partial charge on any atom is -0.332 e. The smallest absolute Gasteiger partial charge is 0.254 e. The molecule has 1 saturated carbocycles. The lowest BCUT2D eigenvalue weighted by atomic mass is 9.96. The average Bonchev–Trinajstić information content (AvgIpc) is 3.20. The van der Waals surface area contributed by atoms with E-state index in [0.717, 1.165) is 35.1 Å². The molecule has 24 heavy (non-hydrogen) atoms. The van der Waals surface area contributed by atoms with Crippen LogP contribution in [0.5, 0.6) is 0 Å². The molecule has 128 valence electrons. The van der Waals surface area contributed by atoms with Crippen LogP contribution in [-0.4, -0.2) is 29.2 Å². The van der Waals surface area contributed by atoms with Gasteiger partial charge in [-0.15, -0.1) is 0 Å². The Labute approximate surface area is 141 Å². The third-order valence-corrected chi connectivity index (χ3v) is 5.20. The molecule has 1 aromatic rings. The number of nitrogens with one attached hydrogen (secondary N) is 1. The number of fused-ring (bicyclic) bond motifs is 1. The fourth-order valence-electron chi connectivity index (χ4n) is 3.32. The van der Waals surface area contributed by atoms with Crippen molar-refractivity contribution in [3.8, 4) is 0 Å². The zero-order valence-corrected chi connectivity index (χ0v) is 14.1. The fraction of sp³-hybridized carbons (Fsp3) is 0.500. The number of carbonyl (C=O) groups excluding carboxylic acids is 3. The maximum atomic E-state index is 12.8. The molecule has 0 saturated heterocycles. The molecule has 1 heterocycles. The summed E-state index contributed by atoms with van der Waals surface area (Å²) in [7, 11) is 0. The van der Waals surface area contributed by atoms with Crippen molar-refractivity contribution in [1.82, 2.24) is 10.2 Å². The van der Waals surface area contributed by atoms with Gasteiger partial charge in [0.1, 0.15) is 0 Å². The summed E-state index contributed by atoms with van der Waals surface area (Å²) in [4.78, 5) is 36.3. The predicted octanol–water partition coefficient (Wildman–Crippen LogP) is 1.34. The lowest BCUT2D eigenvalue weighted by Gasteiger charge is -2.24. The monoisotopic (exact) mass is 329 g/mol. The highest BCUT2D eigenvalue weighted by atomic mass is 16.2. The van der Waals surface area contributed by atoms with Crippen LogP contribution < -0.4 is 11.1 Å². The molecule has 0 aromatic heterocycles. The van der Waals surface area contributed by atoms with Crippen LogP contribution in [0.1, 0.15) is 59.7 Å². The Hall–Kier alpha value is -2.21. The van der Waals surface area contributed by atoms with Gasteiger partial charge in [0.25, 0.3) is 5.91 Å². The molecule has 3 N–H and O–H groups in total. The molecule has 1 atom stereocenters. The van der Waals surface area contributed by atoms with Crippen LogP contribution in [0.15, 0.2) is 12.1 Å². The summed E-state index contributed by atoms with van der Waals surface area (Å²) in [5.41, 5.74) is 9.97. The summed E-state index contributed by atoms with van der Waals surface area (Å²) < 4.78 is 0. The molecule has 0 radical (unpaired) electrons. The first-order valence-electron chi connectivity index (χ1n) is 8.32. The second-order valence-corrected chi connectivity index (χ2v) is 6.98. The highest BCUT2D eigenvalue weighted by molar-refractivity contribution is 5.99. The Morgan fingerprint density at radius 3 is 2.79 bits per heavy atom. The highest BCUT2D eigenvalue weighted by Gasteiger charge is 2.42. The van der Waals surface area contributed by atoms with Crippen molar-refractivity contribution in [2.24, 2.45) is 5.73 Å². The van der Waals surface area contributed by atoms with Crippen LogP contribution in [0.25, 0.3) is 0 Å². The summed E-state index contributed by atoms with van der Waals surface area (Å²) in [6.45, 7) is 4.51. The number of hydrogen-bond acceptors (Lipinski definition) is 4. The molecule has 2 aliphatic rings. The first kappa shape index (κ1) is 16.6. The molecule has 1 aromatic carbocycles. The van der Waals surface area contributed by atoms with Gasteiger partial charge in [0.05, 0.1) is 0 Å². The van der Waals surface area contributed by atoms with Crippen molar-refractivity contribution in [1.29, 1.82) is 0 Å². The van der Waals surface area contributed by atoms with Gasteiger partial charge in [-0.3, -0.25) is 19.7 Å². The molecule has 1 unspecified atom stereocenters. The van der Waals surface area contributed by atoms with E-state index in [2.05, 4.69) is 11.4 Å². The first-order valence-corrected chi connectivity index (χ1v) is 8.32. The van der Waals surface area contributed by atoms with E-state index in [1.165, 1.54) is 0 Å². The molecule has 6 heteroatoms. The number of aryl methyl sites for hydroxylation is 1. The molecule has 6 nitrogen and oxygen atoms in total. The molecular formula is C18H23N3O3. The number of imide groups is 1. The van der Waals surface area contributed by atoms with Gasteiger partial charge in [0.2, 0.25) is 12.3 Å². The van der Waals surface area contributed by atoms with Gasteiger partial charge in [0.15, 0.2) is 0 Å². The number of nitrogens with two attached hydrogens (primary N) is 1. The first-order chi connectivity index (χ1) is 11.4. The zero-order valence-electron chi connectivity index (χ0n) is 14.1. The Kier molecular flexibility index (Phi) is 4.17. The number of carbonyl (C=O) groups is 3. The van der Waals surface area contributed by atoms with Gasteiger partial charge >= 0.3 is 0 Å². The highest BCUT2D eigenvalue weighted by Crippen LogP contribution is 2.44. The second-order valence-electron chi connectivity index (χ2n) is 6.98. The number of rotatable bonds is 6. The van der Waals surface area contributed by atoms with Crippen molar-refractivity contribution in [3.05, 3.63) is 34.4 Å². The average molecular weight is 329 g/mol. The predicted molar refractivity (Wildman–Crippen MR) is 89.1 cm³/mol. The number of benzene rings is 1. The molecule has 3 rings (SSSR count). The number of amides is 3. The summed E-state index contributed by atoms with van der Waals surface area (Å²) in [6.07, 6.45) is 3.05. The topological polar surface area (TPSA) is 92.5 Å². The van der Waals surface area contributed by atoms with Crippen LogP contribution in [0.2, 0.25) is 0 Å². The summed E-state index contributed by atoms with van der Waals surface area (Å²) >= 11 is 0. The van der Waals surface area contributed by atoms with E-state index < -0.39 is 0 Å². The van der Waals surface area contributed by atoms with Gasteiger partial charge in [-0.05, 0) is 55.9 Å². The standard InChI is InChI=1S/C18H23N3O3/c1-11-7-13(18(19)5-6-18)8-14-15(11)9-21(17(14)24)12(2)3-4-16(23)20-10-22/h7-8,10,12H,3-6,9,19H2,1-2H3,(H,20,22,23). The van der Waals surface area contributed by atoms with Crippen molar-refractivity contribution in [2.75, 3.05) is 0 Å². The van der Waals surface area contributed by atoms with E-state index in [1.54, 1.807) is 4.90 Å². The minimum atomic E-state index is -0.321. The van der Waals surface area contributed by atoms with Gasteiger partial charge < -0.3 is 10.6 Å². The molecule has 1 aliphatic heterocycles. The zero-order chi connectivity index (χ0) is 17.5. The normalized spacial score (nSPS) is 19.0. The second kappa shape index (κ2) is 6.02. The lowest BCUT2D eigenvalue weighted by Crippen LogP contribution is -2.34. The van der Waals surface area contributed by atoms with Crippen LogP contribution >= 0.6 is 0 Å². The van der Waals surface area contributed by atoms with E-state index in [4.69, 9.17) is 5.73 Å². The molecule has 1 fully saturated rings. The Balaban J connectivity index is 1.74. The van der Waals surface area contributed by atoms with Crippen molar-refractivity contribution in [3.63, 3.8) is 0 Å². The number of hydrogen-bond donors (Lipinski definition) is 2. The molecule has 0 spiro atoms. The SMILES string of the molecule is Cc1cc(C2(N)CC2)cc2c1CN(C(C)CCC(=O)NC=O)C2=O. The Bertz CT molecular complexity index is 710. The van der Waals surface area contributed by atoms with Gasteiger partial charge in [-0.1, -0.05) is 6.07 Å². The van der Waals surface area contributed by atoms with Crippen LogP contribution in [0.3, 0.4) is 0 Å². The summed E-state index contributed by atoms with van der Waals surface area (Å²) in [5, 5.41) is 2.12. The Morgan fingerprint density at radius 2 is 2.17 bits per heavy atom. The van der Waals surface area contributed by atoms with Gasteiger partial charge in [-0.2, -0.15) is 0 Å². The third-order valence-electron chi connectivity index (χ3n) is 5.20. The van der Waals surface area contributed by atoms with E-state index in [9.17, 15) is 14.4 Å². The Morgan fingerprint density at radius 1 is 1.46 bits per heavy atom. The fourth-order valence-corrected chi connectivity index (χ4v) is 3.32. The minimum absolute atomic E-state index is 0.00231. The third kappa shape index (κ3) is 2.94. The van der Waals surface area contributed by atoms with Crippen molar-refractivity contribution in [2.45, 2.75) is 57.7 Å². The van der Waals surface area contributed by atoms with Gasteiger partial charge in [0, 0.05) is 30.1 Å². The van der Waals surface area contributed by atoms with Crippen LogP contribution in [0, 0.1) is 6.92 Å². The molecule has 0 bridgehead atoms. The summed E-state index contributed by atoms with van der Waals surface area (Å²) in [5.74, 6) is -0.319. The van der Waals surface area contributed by atoms with Crippen LogP contribution in [-0.2, 0) is 21.7 Å². The van der Waals surface area contributed by atoms with Crippen LogP contribution in [0.4, 0.5) is 0 Å². The van der Waals surface area contributed by atoms with E-state index in [0.29, 0.717) is 19.4 Å². The van der Waals surface area contributed by atoms with E-state index in [1.807, 2.05) is 19.9 Å². The maximum absolute atomic E-state index is 12.8. The molecular weight excluding hydrogens is 306 g/mol. The van der Waals surface area contributed by atoms with E-state index >= 15 is 0 Å². The molecule has 1 aliphatic carbocycles. The quantitative estimate of drug-likeness (QED) is 0.770. The largest absolute Gasteiger partial charge is 0.332 e.